The molecule has 0 saturated carbocycles. The first-order valence-corrected chi connectivity index (χ1v) is 12.9. The summed E-state index contributed by atoms with van der Waals surface area (Å²) in [5.41, 5.74) is 1.72. The van der Waals surface area contributed by atoms with Gasteiger partial charge in [0.1, 0.15) is 11.6 Å². The zero-order chi connectivity index (χ0) is 24.4. The number of aryl methyl sites for hydroxylation is 1. The van der Waals surface area contributed by atoms with Gasteiger partial charge in [-0.05, 0) is 42.6 Å². The molecule has 1 aliphatic rings. The molecule has 1 saturated heterocycles. The van der Waals surface area contributed by atoms with Crippen LogP contribution in [0.25, 0.3) is 10.8 Å². The zero-order valence-corrected chi connectivity index (χ0v) is 20.5. The average Bonchev–Trinajstić information content (AvgIpc) is 2.88. The van der Waals surface area contributed by atoms with Gasteiger partial charge in [-0.1, -0.05) is 36.4 Å². The molecule has 1 N–H and O–H groups in total. The molecule has 9 heteroatoms. The van der Waals surface area contributed by atoms with Crippen molar-refractivity contribution in [2.24, 2.45) is 0 Å². The number of ether oxygens (including phenoxy) is 1. The maximum atomic E-state index is 13.5. The Morgan fingerprint density at radius 1 is 0.886 bits per heavy atom. The van der Waals surface area contributed by atoms with Crippen LogP contribution < -0.4 is 15.0 Å². The van der Waals surface area contributed by atoms with Crippen LogP contribution >= 0.6 is 0 Å². The largest absolute Gasteiger partial charge is 0.497 e. The normalized spacial score (nSPS) is 14.7. The van der Waals surface area contributed by atoms with Crippen molar-refractivity contribution < 1.29 is 13.2 Å². The molecular weight excluding hydrogens is 462 g/mol. The van der Waals surface area contributed by atoms with Crippen LogP contribution in [0.1, 0.15) is 5.69 Å². The molecule has 35 heavy (non-hydrogen) atoms. The van der Waals surface area contributed by atoms with Gasteiger partial charge >= 0.3 is 0 Å². The van der Waals surface area contributed by atoms with E-state index in [-0.39, 0.29) is 0 Å². The second-order valence-electron chi connectivity index (χ2n) is 8.42. The monoisotopic (exact) mass is 489 g/mol. The molecule has 8 nitrogen and oxygen atoms in total. The molecule has 0 spiro atoms. The van der Waals surface area contributed by atoms with Gasteiger partial charge in [0.05, 0.1) is 12.0 Å². The van der Waals surface area contributed by atoms with Gasteiger partial charge in [-0.3, -0.25) is 0 Å². The van der Waals surface area contributed by atoms with Gasteiger partial charge in [-0.2, -0.15) is 9.29 Å². The molecule has 2 heterocycles. The Bertz CT molecular complexity index is 1440. The molecule has 0 radical (unpaired) electrons. The Kier molecular flexibility index (Phi) is 6.27. The summed E-state index contributed by atoms with van der Waals surface area (Å²) in [7, 11) is -1.98. The first kappa shape index (κ1) is 23.1. The van der Waals surface area contributed by atoms with Crippen molar-refractivity contribution >= 4 is 38.2 Å². The van der Waals surface area contributed by atoms with Crippen molar-refractivity contribution in [3.8, 4) is 5.75 Å². The number of sulfonamides is 1. The van der Waals surface area contributed by atoms with E-state index in [0.29, 0.717) is 42.8 Å². The van der Waals surface area contributed by atoms with Crippen LogP contribution in [0.4, 0.5) is 17.5 Å². The zero-order valence-electron chi connectivity index (χ0n) is 19.7. The molecular formula is C26H27N5O3S. The molecule has 0 amide bonds. The number of rotatable bonds is 6. The van der Waals surface area contributed by atoms with Crippen molar-refractivity contribution in [1.82, 2.24) is 14.3 Å². The minimum absolute atomic E-state index is 0.349. The van der Waals surface area contributed by atoms with Crippen molar-refractivity contribution in [2.45, 2.75) is 11.8 Å². The summed E-state index contributed by atoms with van der Waals surface area (Å²) in [5.74, 6) is 2.05. The van der Waals surface area contributed by atoms with Crippen LogP contribution in [0, 0.1) is 6.92 Å². The summed E-state index contributed by atoms with van der Waals surface area (Å²) in [6, 6.07) is 22.5. The molecule has 4 aromatic rings. The lowest BCUT2D eigenvalue weighted by Crippen LogP contribution is -2.49. The van der Waals surface area contributed by atoms with Crippen LogP contribution in [0.15, 0.2) is 77.7 Å². The van der Waals surface area contributed by atoms with Crippen LogP contribution in [-0.2, 0) is 10.0 Å². The van der Waals surface area contributed by atoms with Gasteiger partial charge in [-0.25, -0.2) is 13.4 Å². The molecule has 1 aromatic heterocycles. The van der Waals surface area contributed by atoms with Gasteiger partial charge in [0.2, 0.25) is 16.0 Å². The third-order valence-electron chi connectivity index (χ3n) is 6.09. The summed E-state index contributed by atoms with van der Waals surface area (Å²) in [5, 5.41) is 4.97. The van der Waals surface area contributed by atoms with E-state index in [1.165, 1.54) is 0 Å². The van der Waals surface area contributed by atoms with E-state index in [1.54, 1.807) is 23.5 Å². The maximum absolute atomic E-state index is 13.5. The standard InChI is InChI=1S/C26H27N5O3S/c1-19-18-25(28-21-10-12-22(34-2)13-11-21)29-26(27-19)30-14-16-31(17-15-30)35(32,33)24-9-5-7-20-6-3-4-8-23(20)24/h3-13,18H,14-17H2,1-2H3,(H,27,28,29). The van der Waals surface area contributed by atoms with Crippen molar-refractivity contribution in [3.63, 3.8) is 0 Å². The first-order chi connectivity index (χ1) is 16.9. The second kappa shape index (κ2) is 9.52. The predicted octanol–water partition coefficient (Wildman–Crippen LogP) is 4.20. The fourth-order valence-corrected chi connectivity index (χ4v) is 5.91. The number of anilines is 3. The Hall–Kier alpha value is -3.69. The van der Waals surface area contributed by atoms with E-state index in [1.807, 2.05) is 72.5 Å². The third kappa shape index (κ3) is 4.78. The van der Waals surface area contributed by atoms with Crippen LogP contribution in [0.2, 0.25) is 0 Å². The number of methoxy groups -OCH3 is 1. The Balaban J connectivity index is 1.32. The van der Waals surface area contributed by atoms with E-state index in [9.17, 15) is 8.42 Å². The van der Waals surface area contributed by atoms with Gasteiger partial charge in [0.25, 0.3) is 0 Å². The summed E-state index contributed by atoms with van der Waals surface area (Å²) in [6.45, 7) is 3.67. The highest BCUT2D eigenvalue weighted by atomic mass is 32.2. The Morgan fingerprint density at radius 2 is 1.60 bits per heavy atom. The van der Waals surface area contributed by atoms with E-state index in [0.717, 1.165) is 27.9 Å². The van der Waals surface area contributed by atoms with Crippen molar-refractivity contribution in [1.29, 1.82) is 0 Å². The number of piperazine rings is 1. The highest BCUT2D eigenvalue weighted by Gasteiger charge is 2.30. The highest BCUT2D eigenvalue weighted by molar-refractivity contribution is 7.89. The number of aromatic nitrogens is 2. The van der Waals surface area contributed by atoms with Crippen molar-refractivity contribution in [2.75, 3.05) is 43.5 Å². The summed E-state index contributed by atoms with van der Waals surface area (Å²) >= 11 is 0. The highest BCUT2D eigenvalue weighted by Crippen LogP contribution is 2.27. The fourth-order valence-electron chi connectivity index (χ4n) is 4.27. The SMILES string of the molecule is COc1ccc(Nc2cc(C)nc(N3CCN(S(=O)(=O)c4cccc5ccccc45)CC3)n2)cc1. The number of nitrogens with one attached hydrogen (secondary N) is 1. The smallest absolute Gasteiger partial charge is 0.243 e. The van der Waals surface area contributed by atoms with Gasteiger partial charge in [0.15, 0.2) is 0 Å². The topological polar surface area (TPSA) is 87.7 Å². The quantitative estimate of drug-likeness (QED) is 0.434. The number of nitrogens with zero attached hydrogens (tertiary/aromatic N) is 4. The predicted molar refractivity (Wildman–Crippen MR) is 138 cm³/mol. The average molecular weight is 490 g/mol. The fraction of sp³-hybridized carbons (Fsp3) is 0.231. The Morgan fingerprint density at radius 3 is 2.34 bits per heavy atom. The molecule has 0 atom stereocenters. The lowest BCUT2D eigenvalue weighted by atomic mass is 10.1. The lowest BCUT2D eigenvalue weighted by Gasteiger charge is -2.34. The van der Waals surface area contributed by atoms with Crippen molar-refractivity contribution in [3.05, 3.63) is 78.5 Å². The van der Waals surface area contributed by atoms with E-state index < -0.39 is 10.0 Å². The third-order valence-corrected chi connectivity index (χ3v) is 8.05. The lowest BCUT2D eigenvalue weighted by molar-refractivity contribution is 0.383. The van der Waals surface area contributed by atoms with E-state index >= 15 is 0 Å². The van der Waals surface area contributed by atoms with Crippen LogP contribution in [-0.4, -0.2) is 56.0 Å². The number of hydrogen-bond donors (Lipinski definition) is 1. The molecule has 5 rings (SSSR count). The summed E-state index contributed by atoms with van der Waals surface area (Å²) in [4.78, 5) is 11.7. The number of benzene rings is 3. The number of hydrogen-bond acceptors (Lipinski definition) is 7. The Labute approximate surface area is 205 Å². The summed E-state index contributed by atoms with van der Waals surface area (Å²) < 4.78 is 33.7. The molecule has 1 aliphatic heterocycles. The molecule has 1 fully saturated rings. The first-order valence-electron chi connectivity index (χ1n) is 11.4. The van der Waals surface area contributed by atoms with Gasteiger partial charge in [-0.15, -0.1) is 0 Å². The molecule has 0 unspecified atom stereocenters. The van der Waals surface area contributed by atoms with E-state index in [2.05, 4.69) is 15.3 Å². The number of fused-ring (bicyclic) bond motifs is 1. The molecule has 3 aromatic carbocycles. The second-order valence-corrected chi connectivity index (χ2v) is 10.3. The van der Waals surface area contributed by atoms with Gasteiger partial charge < -0.3 is 15.0 Å². The van der Waals surface area contributed by atoms with Gasteiger partial charge in [0, 0.05) is 49.0 Å². The molecule has 180 valence electrons. The minimum Gasteiger partial charge on any atom is -0.497 e. The van der Waals surface area contributed by atoms with E-state index in [4.69, 9.17) is 4.74 Å². The molecule has 0 bridgehead atoms. The summed E-state index contributed by atoms with van der Waals surface area (Å²) in [6.07, 6.45) is 0. The van der Waals surface area contributed by atoms with Crippen LogP contribution in [0.5, 0.6) is 5.75 Å². The molecule has 0 aliphatic carbocycles. The van der Waals surface area contributed by atoms with Crippen LogP contribution in [0.3, 0.4) is 0 Å². The maximum Gasteiger partial charge on any atom is 0.243 e. The minimum atomic E-state index is -3.61.